The Balaban J connectivity index is 2.53. The zero-order chi connectivity index (χ0) is 15.3. The topological polar surface area (TPSA) is 113 Å². The molecule has 1 rings (SSSR count). The van der Waals surface area contributed by atoms with Crippen LogP contribution in [-0.4, -0.2) is 53.0 Å². The third-order valence-corrected chi connectivity index (χ3v) is 3.54. The molecule has 0 saturated carbocycles. The molecular formula is C13H23N3O4. The number of carbonyl (C=O) groups is 3. The molecule has 0 aromatic rings. The van der Waals surface area contributed by atoms with Gasteiger partial charge in [-0.15, -0.1) is 0 Å². The van der Waals surface area contributed by atoms with Crippen molar-refractivity contribution in [2.24, 2.45) is 11.7 Å². The third kappa shape index (κ3) is 4.19. The summed E-state index contributed by atoms with van der Waals surface area (Å²) < 4.78 is 0. The van der Waals surface area contributed by atoms with Crippen molar-refractivity contribution in [1.29, 1.82) is 0 Å². The van der Waals surface area contributed by atoms with E-state index < -0.39 is 24.0 Å². The fourth-order valence-electron chi connectivity index (χ4n) is 2.17. The van der Waals surface area contributed by atoms with Crippen LogP contribution in [0, 0.1) is 5.92 Å². The monoisotopic (exact) mass is 285 g/mol. The first-order valence-corrected chi connectivity index (χ1v) is 6.90. The van der Waals surface area contributed by atoms with Gasteiger partial charge < -0.3 is 21.1 Å². The smallest absolute Gasteiger partial charge is 0.326 e. The highest BCUT2D eigenvalue weighted by Crippen LogP contribution is 2.17. The van der Waals surface area contributed by atoms with Crippen LogP contribution in [-0.2, 0) is 14.4 Å². The Bertz CT molecular complexity index is 384. The van der Waals surface area contributed by atoms with Gasteiger partial charge >= 0.3 is 5.97 Å². The Kier molecular flexibility index (Phi) is 5.94. The first-order valence-electron chi connectivity index (χ1n) is 6.90. The minimum absolute atomic E-state index is 0.0214. The van der Waals surface area contributed by atoms with E-state index in [1.807, 2.05) is 13.8 Å². The van der Waals surface area contributed by atoms with Gasteiger partial charge in [0.05, 0.1) is 12.6 Å². The van der Waals surface area contributed by atoms with Gasteiger partial charge in [0, 0.05) is 6.54 Å². The molecule has 1 saturated heterocycles. The molecule has 7 heteroatoms. The van der Waals surface area contributed by atoms with Crippen molar-refractivity contribution in [2.45, 2.75) is 45.2 Å². The summed E-state index contributed by atoms with van der Waals surface area (Å²) in [4.78, 5) is 36.1. The van der Waals surface area contributed by atoms with Crippen LogP contribution in [0.25, 0.3) is 0 Å². The number of carbonyl (C=O) groups excluding carboxylic acids is 2. The number of nitrogens with two attached hydrogens (primary N) is 1. The Morgan fingerprint density at radius 3 is 2.55 bits per heavy atom. The molecule has 2 amide bonds. The van der Waals surface area contributed by atoms with Gasteiger partial charge in [-0.05, 0) is 25.2 Å². The van der Waals surface area contributed by atoms with Gasteiger partial charge in [0.1, 0.15) is 6.04 Å². The van der Waals surface area contributed by atoms with Gasteiger partial charge in [0.2, 0.25) is 11.8 Å². The average molecular weight is 285 g/mol. The molecule has 4 N–H and O–H groups in total. The van der Waals surface area contributed by atoms with Gasteiger partial charge in [-0.1, -0.05) is 13.8 Å². The molecule has 114 valence electrons. The van der Waals surface area contributed by atoms with Crippen molar-refractivity contribution in [3.8, 4) is 0 Å². The van der Waals surface area contributed by atoms with Gasteiger partial charge in [0.15, 0.2) is 0 Å². The van der Waals surface area contributed by atoms with Crippen LogP contribution in [0.4, 0.5) is 0 Å². The van der Waals surface area contributed by atoms with E-state index in [0.717, 1.165) is 12.8 Å². The maximum Gasteiger partial charge on any atom is 0.326 e. The second-order valence-electron chi connectivity index (χ2n) is 5.42. The molecule has 0 spiro atoms. The molecular weight excluding hydrogens is 262 g/mol. The van der Waals surface area contributed by atoms with E-state index >= 15 is 0 Å². The molecule has 0 aromatic heterocycles. The summed E-state index contributed by atoms with van der Waals surface area (Å²) in [6.07, 6.45) is 2.04. The maximum atomic E-state index is 12.0. The summed E-state index contributed by atoms with van der Waals surface area (Å²) in [6.45, 7) is 3.85. The molecule has 0 bridgehead atoms. The van der Waals surface area contributed by atoms with Crippen molar-refractivity contribution >= 4 is 17.8 Å². The lowest BCUT2D eigenvalue weighted by Crippen LogP contribution is -2.53. The second-order valence-corrected chi connectivity index (χ2v) is 5.42. The largest absolute Gasteiger partial charge is 0.480 e. The average Bonchev–Trinajstić information content (AvgIpc) is 2.43. The number of carboxylic acids is 1. The number of nitrogens with zero attached hydrogens (tertiary/aromatic N) is 1. The standard InChI is InChI=1S/C13H23N3O4/c1-8(2)11(14)12(18)15-7-10(17)16-6-4-3-5-9(16)13(19)20/h8-9,11H,3-7,14H2,1-2H3,(H,15,18)(H,19,20)/t9-,11-/m0/s1. The lowest BCUT2D eigenvalue weighted by Gasteiger charge is -2.33. The summed E-state index contributed by atoms with van der Waals surface area (Å²) in [7, 11) is 0. The normalized spacial score (nSPS) is 20.6. The third-order valence-electron chi connectivity index (χ3n) is 3.54. The van der Waals surface area contributed by atoms with E-state index in [-0.39, 0.29) is 18.4 Å². The van der Waals surface area contributed by atoms with E-state index in [1.165, 1.54) is 4.90 Å². The highest BCUT2D eigenvalue weighted by Gasteiger charge is 2.32. The zero-order valence-electron chi connectivity index (χ0n) is 12.0. The molecule has 0 radical (unpaired) electrons. The van der Waals surface area contributed by atoms with E-state index in [4.69, 9.17) is 10.8 Å². The number of rotatable bonds is 5. The molecule has 0 aromatic carbocycles. The van der Waals surface area contributed by atoms with Crippen molar-refractivity contribution < 1.29 is 19.5 Å². The molecule has 20 heavy (non-hydrogen) atoms. The lowest BCUT2D eigenvalue weighted by atomic mass is 10.0. The molecule has 1 aliphatic rings. The van der Waals surface area contributed by atoms with Crippen molar-refractivity contribution in [3.05, 3.63) is 0 Å². The fraction of sp³-hybridized carbons (Fsp3) is 0.769. The number of nitrogens with one attached hydrogen (secondary N) is 1. The molecule has 1 aliphatic heterocycles. The minimum Gasteiger partial charge on any atom is -0.480 e. The van der Waals surface area contributed by atoms with Crippen molar-refractivity contribution in [1.82, 2.24) is 10.2 Å². The summed E-state index contributed by atoms with van der Waals surface area (Å²) in [5, 5.41) is 11.6. The Morgan fingerprint density at radius 2 is 2.00 bits per heavy atom. The Morgan fingerprint density at radius 1 is 1.35 bits per heavy atom. The highest BCUT2D eigenvalue weighted by atomic mass is 16.4. The number of amides is 2. The number of likely N-dealkylation sites (tertiary alicyclic amines) is 1. The van der Waals surface area contributed by atoms with Gasteiger partial charge in [0.25, 0.3) is 0 Å². The van der Waals surface area contributed by atoms with Crippen molar-refractivity contribution in [3.63, 3.8) is 0 Å². The van der Waals surface area contributed by atoms with Gasteiger partial charge in [-0.25, -0.2) is 4.79 Å². The predicted molar refractivity (Wildman–Crippen MR) is 72.8 cm³/mol. The second kappa shape index (κ2) is 7.23. The molecule has 0 aliphatic carbocycles. The molecule has 0 unspecified atom stereocenters. The quantitative estimate of drug-likeness (QED) is 0.633. The number of piperidine rings is 1. The van der Waals surface area contributed by atoms with Crippen LogP contribution in [0.2, 0.25) is 0 Å². The number of carboxylic acid groups (broad SMARTS) is 1. The maximum absolute atomic E-state index is 12.0. The minimum atomic E-state index is -0.997. The van der Waals surface area contributed by atoms with Crippen LogP contribution in [0.1, 0.15) is 33.1 Å². The van der Waals surface area contributed by atoms with Crippen LogP contribution < -0.4 is 11.1 Å². The van der Waals surface area contributed by atoms with E-state index in [1.54, 1.807) is 0 Å². The summed E-state index contributed by atoms with van der Waals surface area (Å²) in [6, 6.07) is -1.45. The zero-order valence-corrected chi connectivity index (χ0v) is 12.0. The predicted octanol–water partition coefficient (Wildman–Crippen LogP) is -0.448. The summed E-state index contributed by atoms with van der Waals surface area (Å²) in [5.41, 5.74) is 5.67. The molecule has 1 heterocycles. The summed E-state index contributed by atoms with van der Waals surface area (Å²) in [5.74, 6) is -1.78. The fourth-order valence-corrected chi connectivity index (χ4v) is 2.17. The van der Waals surface area contributed by atoms with E-state index in [9.17, 15) is 14.4 Å². The van der Waals surface area contributed by atoms with Crippen LogP contribution in [0.15, 0.2) is 0 Å². The van der Waals surface area contributed by atoms with E-state index in [0.29, 0.717) is 13.0 Å². The molecule has 2 atom stereocenters. The SMILES string of the molecule is CC(C)[C@H](N)C(=O)NCC(=O)N1CCCC[C@H]1C(=O)O. The van der Waals surface area contributed by atoms with E-state index in [2.05, 4.69) is 5.32 Å². The molecule has 1 fully saturated rings. The van der Waals surface area contributed by atoms with Crippen LogP contribution >= 0.6 is 0 Å². The van der Waals surface area contributed by atoms with Crippen molar-refractivity contribution in [2.75, 3.05) is 13.1 Å². The Labute approximate surface area is 118 Å². The van der Waals surface area contributed by atoms with Crippen LogP contribution in [0.3, 0.4) is 0 Å². The number of aliphatic carboxylic acids is 1. The summed E-state index contributed by atoms with van der Waals surface area (Å²) >= 11 is 0. The molecule has 7 nitrogen and oxygen atoms in total. The van der Waals surface area contributed by atoms with Gasteiger partial charge in [-0.2, -0.15) is 0 Å². The number of hydrogen-bond donors (Lipinski definition) is 3. The first-order chi connectivity index (χ1) is 9.34. The highest BCUT2D eigenvalue weighted by molar-refractivity contribution is 5.89. The lowest BCUT2D eigenvalue weighted by molar-refractivity contribution is -0.151. The van der Waals surface area contributed by atoms with Crippen LogP contribution in [0.5, 0.6) is 0 Å². The number of hydrogen-bond acceptors (Lipinski definition) is 4. The first kappa shape index (κ1) is 16.4. The Hall–Kier alpha value is -1.63. The van der Waals surface area contributed by atoms with Gasteiger partial charge in [-0.3, -0.25) is 9.59 Å².